The summed E-state index contributed by atoms with van der Waals surface area (Å²) in [7, 11) is 1.66. The lowest BCUT2D eigenvalue weighted by Gasteiger charge is -2.35. The maximum absolute atomic E-state index is 13.4. The van der Waals surface area contributed by atoms with E-state index in [-0.39, 0.29) is 12.1 Å². The van der Waals surface area contributed by atoms with Crippen LogP contribution in [0.5, 0.6) is 0 Å². The summed E-state index contributed by atoms with van der Waals surface area (Å²) in [6, 6.07) is 7.65. The zero-order valence-electron chi connectivity index (χ0n) is 12.7. The molecule has 0 fully saturated rings. The van der Waals surface area contributed by atoms with Crippen LogP contribution in [0.15, 0.2) is 36.4 Å². The summed E-state index contributed by atoms with van der Waals surface area (Å²) in [6.45, 7) is 0.373. The fourth-order valence-corrected chi connectivity index (χ4v) is 3.80. The van der Waals surface area contributed by atoms with Gasteiger partial charge in [-0.05, 0) is 35.4 Å². The number of rotatable bonds is 3. The molecule has 2 aromatic carbocycles. The lowest BCUT2D eigenvalue weighted by molar-refractivity contribution is 0.0697. The van der Waals surface area contributed by atoms with Crippen molar-refractivity contribution >= 4 is 23.2 Å². The van der Waals surface area contributed by atoms with E-state index in [1.54, 1.807) is 17.4 Å². The largest absolute Gasteiger partial charge is 0.573 e. The minimum Gasteiger partial charge on any atom is -0.573 e. The normalized spacial score (nSPS) is 17.7. The molecule has 8 heteroatoms. The number of halogens is 2. The molecule has 0 aliphatic carbocycles. The highest BCUT2D eigenvalue weighted by atomic mass is 32.2. The van der Waals surface area contributed by atoms with Crippen molar-refractivity contribution in [2.45, 2.75) is 13.1 Å². The van der Waals surface area contributed by atoms with Crippen LogP contribution < -0.4 is 4.31 Å². The van der Waals surface area contributed by atoms with Crippen molar-refractivity contribution in [3.05, 3.63) is 64.7 Å². The Kier molecular flexibility index (Phi) is 4.44. The lowest BCUT2D eigenvalue weighted by atomic mass is 10.1. The molecule has 0 aromatic heterocycles. The smallest absolute Gasteiger partial charge is 0.335 e. The highest BCUT2D eigenvalue weighted by Crippen LogP contribution is 2.33. The Balaban J connectivity index is 2.02. The van der Waals surface area contributed by atoms with Crippen LogP contribution in [0.25, 0.3) is 0 Å². The average Bonchev–Trinajstić information content (AvgIpc) is 2.50. The van der Waals surface area contributed by atoms with Crippen molar-refractivity contribution in [1.29, 1.82) is 0 Å². The predicted octanol–water partition coefficient (Wildman–Crippen LogP) is 2.69. The van der Waals surface area contributed by atoms with Crippen molar-refractivity contribution in [2.75, 3.05) is 11.4 Å². The summed E-state index contributed by atoms with van der Waals surface area (Å²) < 4.78 is 42.4. The number of hydrogen-bond donors (Lipinski definition) is 1. The van der Waals surface area contributed by atoms with E-state index in [2.05, 4.69) is 0 Å². The monoisotopic (exact) mass is 352 g/mol. The van der Waals surface area contributed by atoms with Gasteiger partial charge in [0.25, 0.3) is 0 Å². The van der Waals surface area contributed by atoms with Crippen molar-refractivity contribution in [3.8, 4) is 0 Å². The molecule has 1 aliphatic rings. The highest BCUT2D eigenvalue weighted by molar-refractivity contribution is 7.90. The summed E-state index contributed by atoms with van der Waals surface area (Å²) in [5.74, 6) is -2.54. The summed E-state index contributed by atoms with van der Waals surface area (Å²) in [6.07, 6.45) is 0. The first-order valence-corrected chi connectivity index (χ1v) is 8.13. The summed E-state index contributed by atoms with van der Waals surface area (Å²) >= 11 is -1.59. The number of anilines is 1. The van der Waals surface area contributed by atoms with E-state index in [1.807, 2.05) is 0 Å². The maximum Gasteiger partial charge on any atom is 0.335 e. The Morgan fingerprint density at radius 2 is 1.92 bits per heavy atom. The van der Waals surface area contributed by atoms with Gasteiger partial charge in [0.05, 0.1) is 24.3 Å². The number of benzene rings is 2. The standard InChI is InChI=1S/C16H14F2N2O3S/c1-19-9-12-3-2-11(16(21)22)6-15(12)20(24(19)23)8-10-4-13(17)7-14(18)5-10/h2-7H,8-9H2,1H3,(H,21,22). The molecule has 2 aromatic rings. The van der Waals surface area contributed by atoms with Crippen LogP contribution in [0.3, 0.4) is 0 Å². The van der Waals surface area contributed by atoms with Crippen molar-refractivity contribution in [2.24, 2.45) is 0 Å². The van der Waals surface area contributed by atoms with E-state index in [4.69, 9.17) is 5.11 Å². The number of fused-ring (bicyclic) bond motifs is 1. The molecule has 5 nitrogen and oxygen atoms in total. The van der Waals surface area contributed by atoms with Gasteiger partial charge >= 0.3 is 5.97 Å². The lowest BCUT2D eigenvalue weighted by Crippen LogP contribution is -2.45. The maximum atomic E-state index is 13.4. The third-order valence-electron chi connectivity index (χ3n) is 3.70. The van der Waals surface area contributed by atoms with Crippen LogP contribution in [0.2, 0.25) is 0 Å². The first-order valence-electron chi connectivity index (χ1n) is 7.07. The molecule has 126 valence electrons. The number of carbonyl (C=O) groups is 1. The second kappa shape index (κ2) is 6.39. The Morgan fingerprint density at radius 1 is 1.25 bits per heavy atom. The summed E-state index contributed by atoms with van der Waals surface area (Å²) in [4.78, 5) is 11.2. The fraction of sp³-hybridized carbons (Fsp3) is 0.188. The topological polar surface area (TPSA) is 66.8 Å². The van der Waals surface area contributed by atoms with E-state index >= 15 is 0 Å². The van der Waals surface area contributed by atoms with Crippen molar-refractivity contribution < 1.29 is 23.2 Å². The van der Waals surface area contributed by atoms with Crippen LogP contribution in [-0.4, -0.2) is 27.0 Å². The molecule has 1 aliphatic heterocycles. The molecule has 0 spiro atoms. The number of aromatic carboxylic acids is 1. The number of carboxylic acids is 1. The average molecular weight is 352 g/mol. The Labute approximate surface area is 140 Å². The summed E-state index contributed by atoms with van der Waals surface area (Å²) in [5.41, 5.74) is 1.64. The van der Waals surface area contributed by atoms with E-state index < -0.39 is 29.2 Å². The first-order chi connectivity index (χ1) is 11.3. The SMILES string of the molecule is CN1Cc2ccc(C(=O)O)cc2N(Cc2cc(F)cc(F)c2)[S+]1[O-]. The van der Waals surface area contributed by atoms with Crippen molar-refractivity contribution in [3.63, 3.8) is 0 Å². The van der Waals surface area contributed by atoms with Crippen LogP contribution in [0.4, 0.5) is 14.5 Å². The van der Waals surface area contributed by atoms with Gasteiger partial charge in [-0.3, -0.25) is 0 Å². The molecule has 0 radical (unpaired) electrons. The van der Waals surface area contributed by atoms with Gasteiger partial charge in [-0.1, -0.05) is 6.07 Å². The van der Waals surface area contributed by atoms with E-state index in [0.717, 1.165) is 23.8 Å². The Hall–Kier alpha value is -2.16. The van der Waals surface area contributed by atoms with E-state index in [0.29, 0.717) is 17.8 Å². The molecule has 1 atom stereocenters. The molecule has 1 N–H and O–H groups in total. The van der Waals surface area contributed by atoms with Crippen LogP contribution >= 0.6 is 0 Å². The van der Waals surface area contributed by atoms with E-state index in [1.165, 1.54) is 16.4 Å². The van der Waals surface area contributed by atoms with Gasteiger partial charge in [-0.15, -0.1) is 4.31 Å². The Morgan fingerprint density at radius 3 is 2.54 bits per heavy atom. The van der Waals surface area contributed by atoms with Gasteiger partial charge in [-0.2, -0.15) is 4.31 Å². The molecule has 0 saturated carbocycles. The van der Waals surface area contributed by atoms with Crippen LogP contribution in [0.1, 0.15) is 21.5 Å². The molecule has 0 bridgehead atoms. The third kappa shape index (κ3) is 3.21. The molecular weight excluding hydrogens is 338 g/mol. The molecule has 24 heavy (non-hydrogen) atoms. The zero-order valence-corrected chi connectivity index (χ0v) is 13.5. The van der Waals surface area contributed by atoms with Crippen molar-refractivity contribution in [1.82, 2.24) is 4.31 Å². The fourth-order valence-electron chi connectivity index (χ4n) is 2.62. The second-order valence-electron chi connectivity index (χ2n) is 5.48. The van der Waals surface area contributed by atoms with Crippen LogP contribution in [-0.2, 0) is 24.6 Å². The molecule has 1 heterocycles. The minimum atomic E-state index is -1.59. The number of carboxylic acid groups (broad SMARTS) is 1. The number of nitrogens with zero attached hydrogens (tertiary/aromatic N) is 2. The molecule has 3 rings (SSSR count). The zero-order chi connectivity index (χ0) is 17.4. The van der Waals surface area contributed by atoms with Gasteiger partial charge in [0.15, 0.2) is 11.5 Å². The minimum absolute atomic E-state index is 0.0122. The predicted molar refractivity (Wildman–Crippen MR) is 85.6 cm³/mol. The van der Waals surface area contributed by atoms with Gasteiger partial charge < -0.3 is 9.66 Å². The van der Waals surface area contributed by atoms with Gasteiger partial charge in [0.2, 0.25) is 0 Å². The molecule has 0 saturated heterocycles. The highest BCUT2D eigenvalue weighted by Gasteiger charge is 2.34. The van der Waals surface area contributed by atoms with Crippen LogP contribution in [0, 0.1) is 11.6 Å². The first kappa shape index (κ1) is 16.7. The molecule has 0 amide bonds. The molecular formula is C16H14F2N2O3S. The third-order valence-corrected chi connectivity index (χ3v) is 5.06. The van der Waals surface area contributed by atoms with Gasteiger partial charge in [0, 0.05) is 13.1 Å². The van der Waals surface area contributed by atoms with E-state index in [9.17, 15) is 18.1 Å². The summed E-state index contributed by atoms with van der Waals surface area (Å²) in [5, 5.41) is 9.15. The molecule has 1 unspecified atom stereocenters. The van der Waals surface area contributed by atoms with Gasteiger partial charge in [0.1, 0.15) is 11.6 Å². The Bertz CT molecular complexity index is 783. The quantitative estimate of drug-likeness (QED) is 0.861. The van der Waals surface area contributed by atoms with Gasteiger partial charge in [-0.25, -0.2) is 13.6 Å². The number of hydrogen-bond acceptors (Lipinski definition) is 4. The second-order valence-corrected chi connectivity index (χ2v) is 7.01.